The van der Waals surface area contributed by atoms with E-state index in [1.807, 2.05) is 6.07 Å². The maximum absolute atomic E-state index is 11.9. The van der Waals surface area contributed by atoms with Crippen LogP contribution in [0.3, 0.4) is 0 Å². The first-order valence-electron chi connectivity index (χ1n) is 5.84. The number of hydrogen-bond acceptors (Lipinski definition) is 2. The highest BCUT2D eigenvalue weighted by Crippen LogP contribution is 2.28. The van der Waals surface area contributed by atoms with Gasteiger partial charge in [0.2, 0.25) is 5.91 Å². The van der Waals surface area contributed by atoms with Crippen LogP contribution in [-0.2, 0) is 4.79 Å². The molecule has 0 radical (unpaired) electrons. The Labute approximate surface area is 111 Å². The molecule has 1 N–H and O–H groups in total. The van der Waals surface area contributed by atoms with Crippen molar-refractivity contribution < 1.29 is 9.59 Å². The maximum atomic E-state index is 11.9. The van der Waals surface area contributed by atoms with Gasteiger partial charge in [-0.2, -0.15) is 0 Å². The number of carbonyl (C=O) groups is 2. The van der Waals surface area contributed by atoms with Crippen LogP contribution in [0.25, 0.3) is 0 Å². The van der Waals surface area contributed by atoms with Gasteiger partial charge in [-0.1, -0.05) is 12.1 Å². The maximum Gasteiger partial charge on any atom is 0.253 e. The molecule has 4 nitrogen and oxygen atoms in total. The molecule has 1 fully saturated rings. The third-order valence-electron chi connectivity index (χ3n) is 3.09. The number of amides is 2. The molecule has 0 bridgehead atoms. The fraction of sp³-hybridized carbons (Fsp3) is 0.385. The van der Waals surface area contributed by atoms with Crippen molar-refractivity contribution in [2.75, 3.05) is 24.4 Å². The first-order chi connectivity index (χ1) is 8.67. The third kappa shape index (κ3) is 2.34. The van der Waals surface area contributed by atoms with E-state index >= 15 is 0 Å². The largest absolute Gasteiger partial charge is 0.355 e. The van der Waals surface area contributed by atoms with E-state index in [0.717, 1.165) is 0 Å². The van der Waals surface area contributed by atoms with Gasteiger partial charge in [-0.05, 0) is 18.1 Å². The number of benzene rings is 1. The lowest BCUT2D eigenvalue weighted by molar-refractivity contribution is -0.117. The smallest absolute Gasteiger partial charge is 0.253 e. The summed E-state index contributed by atoms with van der Waals surface area (Å²) >= 11 is 5.80. The lowest BCUT2D eigenvalue weighted by Gasteiger charge is -2.19. The molecule has 0 aromatic heterocycles. The normalized spacial score (nSPS) is 19.1. The van der Waals surface area contributed by atoms with E-state index in [2.05, 4.69) is 5.32 Å². The van der Waals surface area contributed by atoms with E-state index in [4.69, 9.17) is 11.6 Å². The minimum atomic E-state index is -0.187. The molecule has 96 valence electrons. The van der Waals surface area contributed by atoms with E-state index in [1.54, 1.807) is 30.1 Å². The van der Waals surface area contributed by atoms with Gasteiger partial charge in [0.25, 0.3) is 5.91 Å². The summed E-state index contributed by atoms with van der Waals surface area (Å²) in [5.74, 6) is 0.464. The quantitative estimate of drug-likeness (QED) is 0.846. The second-order valence-electron chi connectivity index (χ2n) is 4.33. The Morgan fingerprint density at radius 1 is 1.50 bits per heavy atom. The Balaban J connectivity index is 2.34. The van der Waals surface area contributed by atoms with Crippen molar-refractivity contribution in [2.24, 2.45) is 5.92 Å². The molecular weight excluding hydrogens is 252 g/mol. The Morgan fingerprint density at radius 2 is 2.22 bits per heavy atom. The molecule has 18 heavy (non-hydrogen) atoms. The average Bonchev–Trinajstić information content (AvgIpc) is 2.79. The van der Waals surface area contributed by atoms with Crippen LogP contribution in [0.2, 0.25) is 0 Å². The highest BCUT2D eigenvalue weighted by molar-refractivity contribution is 6.18. The highest BCUT2D eigenvalue weighted by atomic mass is 35.5. The van der Waals surface area contributed by atoms with Crippen LogP contribution in [0.1, 0.15) is 16.8 Å². The first kappa shape index (κ1) is 12.9. The van der Waals surface area contributed by atoms with Crippen molar-refractivity contribution in [3.63, 3.8) is 0 Å². The summed E-state index contributed by atoms with van der Waals surface area (Å²) in [7, 11) is 1.58. The molecule has 1 heterocycles. The molecule has 1 aliphatic rings. The molecule has 1 unspecified atom stereocenters. The van der Waals surface area contributed by atoms with Crippen LogP contribution in [0.5, 0.6) is 0 Å². The van der Waals surface area contributed by atoms with Gasteiger partial charge in [0.15, 0.2) is 0 Å². The Hall–Kier alpha value is -1.55. The standard InChI is InChI=1S/C13H15ClN2O2/c1-15-13(18)10-4-2-3-5-11(10)16-8-9(7-14)6-12(16)17/h2-5,9H,6-8H2,1H3,(H,15,18). The first-order valence-corrected chi connectivity index (χ1v) is 6.38. The summed E-state index contributed by atoms with van der Waals surface area (Å²) in [6.07, 6.45) is 0.450. The monoisotopic (exact) mass is 266 g/mol. The number of alkyl halides is 1. The highest BCUT2D eigenvalue weighted by Gasteiger charge is 2.31. The predicted molar refractivity (Wildman–Crippen MR) is 71.0 cm³/mol. The van der Waals surface area contributed by atoms with Crippen LogP contribution in [0, 0.1) is 5.92 Å². The van der Waals surface area contributed by atoms with Gasteiger partial charge in [-0.3, -0.25) is 9.59 Å². The zero-order valence-electron chi connectivity index (χ0n) is 10.1. The van der Waals surface area contributed by atoms with Crippen molar-refractivity contribution in [1.82, 2.24) is 5.32 Å². The van der Waals surface area contributed by atoms with Gasteiger partial charge in [0.1, 0.15) is 0 Å². The molecule has 1 aliphatic heterocycles. The predicted octanol–water partition coefficient (Wildman–Crippen LogP) is 1.64. The Bertz CT molecular complexity index is 476. The van der Waals surface area contributed by atoms with E-state index in [1.165, 1.54) is 0 Å². The van der Waals surface area contributed by atoms with Crippen molar-refractivity contribution in [1.29, 1.82) is 0 Å². The summed E-state index contributed by atoms with van der Waals surface area (Å²) in [5, 5.41) is 2.58. The van der Waals surface area contributed by atoms with Crippen LogP contribution >= 0.6 is 11.6 Å². The number of nitrogens with zero attached hydrogens (tertiary/aromatic N) is 1. The summed E-state index contributed by atoms with van der Waals surface area (Å²) in [6.45, 7) is 0.580. The molecule has 0 saturated carbocycles. The lowest BCUT2D eigenvalue weighted by Crippen LogP contribution is -2.28. The zero-order valence-corrected chi connectivity index (χ0v) is 10.9. The third-order valence-corrected chi connectivity index (χ3v) is 3.53. The number of nitrogens with one attached hydrogen (secondary N) is 1. The molecule has 2 amide bonds. The molecule has 1 aromatic rings. The van der Waals surface area contributed by atoms with Crippen molar-refractivity contribution in [2.45, 2.75) is 6.42 Å². The Kier molecular flexibility index (Phi) is 3.87. The second-order valence-corrected chi connectivity index (χ2v) is 4.63. The van der Waals surface area contributed by atoms with E-state index in [0.29, 0.717) is 30.1 Å². The van der Waals surface area contributed by atoms with Crippen molar-refractivity contribution >= 4 is 29.1 Å². The molecule has 0 spiro atoms. The minimum Gasteiger partial charge on any atom is -0.355 e. The number of anilines is 1. The van der Waals surface area contributed by atoms with Crippen LogP contribution in [0.4, 0.5) is 5.69 Å². The summed E-state index contributed by atoms with van der Waals surface area (Å²) in [6, 6.07) is 7.12. The summed E-state index contributed by atoms with van der Waals surface area (Å²) < 4.78 is 0. The fourth-order valence-corrected chi connectivity index (χ4v) is 2.36. The van der Waals surface area contributed by atoms with Crippen LogP contribution < -0.4 is 10.2 Å². The number of para-hydroxylation sites is 1. The lowest BCUT2D eigenvalue weighted by atomic mass is 10.1. The van der Waals surface area contributed by atoms with Gasteiger partial charge < -0.3 is 10.2 Å². The number of halogens is 1. The number of carbonyl (C=O) groups excluding carboxylic acids is 2. The average molecular weight is 267 g/mol. The SMILES string of the molecule is CNC(=O)c1ccccc1N1CC(CCl)CC1=O. The number of hydrogen-bond donors (Lipinski definition) is 1. The van der Waals surface area contributed by atoms with Gasteiger partial charge in [0, 0.05) is 25.9 Å². The molecule has 5 heteroatoms. The zero-order chi connectivity index (χ0) is 13.1. The molecule has 1 saturated heterocycles. The molecule has 0 aliphatic carbocycles. The van der Waals surface area contributed by atoms with Gasteiger partial charge in [-0.15, -0.1) is 11.6 Å². The molecule has 2 rings (SSSR count). The van der Waals surface area contributed by atoms with Crippen molar-refractivity contribution in [3.05, 3.63) is 29.8 Å². The topological polar surface area (TPSA) is 49.4 Å². The van der Waals surface area contributed by atoms with Crippen LogP contribution in [-0.4, -0.2) is 31.3 Å². The summed E-state index contributed by atoms with van der Waals surface area (Å²) in [5.41, 5.74) is 1.18. The minimum absolute atomic E-state index is 0.0250. The number of rotatable bonds is 3. The molecule has 1 aromatic carbocycles. The van der Waals surface area contributed by atoms with Crippen molar-refractivity contribution in [3.8, 4) is 0 Å². The van der Waals surface area contributed by atoms with Crippen LogP contribution in [0.15, 0.2) is 24.3 Å². The fourth-order valence-electron chi connectivity index (χ4n) is 2.15. The van der Waals surface area contributed by atoms with E-state index in [9.17, 15) is 9.59 Å². The van der Waals surface area contributed by atoms with Gasteiger partial charge >= 0.3 is 0 Å². The van der Waals surface area contributed by atoms with E-state index < -0.39 is 0 Å². The molecule has 1 atom stereocenters. The summed E-state index contributed by atoms with van der Waals surface area (Å²) in [4.78, 5) is 25.4. The van der Waals surface area contributed by atoms with Gasteiger partial charge in [0.05, 0.1) is 11.3 Å². The second kappa shape index (κ2) is 5.40. The van der Waals surface area contributed by atoms with E-state index in [-0.39, 0.29) is 17.7 Å². The molecular formula is C13H15ClN2O2. The van der Waals surface area contributed by atoms with Gasteiger partial charge in [-0.25, -0.2) is 0 Å². The Morgan fingerprint density at radius 3 is 2.83 bits per heavy atom.